The fourth-order valence-electron chi connectivity index (χ4n) is 4.25. The lowest BCUT2D eigenvalue weighted by molar-refractivity contribution is -0.380. The summed E-state index contributed by atoms with van der Waals surface area (Å²) in [5.74, 6) is -2.69. The second-order valence-corrected chi connectivity index (χ2v) is 16.4. The first-order valence-corrected chi connectivity index (χ1v) is 14.3. The van der Waals surface area contributed by atoms with Gasteiger partial charge in [-0.2, -0.15) is 0 Å². The number of carbonyl (C=O) groups is 1. The van der Waals surface area contributed by atoms with Crippen LogP contribution in [0.3, 0.4) is 0 Å². The molecule has 10 heteroatoms. The third-order valence-electron chi connectivity index (χ3n) is 6.95. The molecule has 3 heterocycles. The maximum Gasteiger partial charge on any atom is 0.323 e. The second kappa shape index (κ2) is 8.26. The molecular weight excluding hydrogens is 434 g/mol. The molecule has 3 aliphatic rings. The molecule has 3 rings (SSSR count). The quantitative estimate of drug-likeness (QED) is 0.561. The van der Waals surface area contributed by atoms with Gasteiger partial charge >= 0.3 is 5.97 Å². The van der Waals surface area contributed by atoms with Crippen LogP contribution < -0.4 is 5.32 Å². The molecule has 0 aromatic carbocycles. The van der Waals surface area contributed by atoms with Crippen molar-refractivity contribution in [2.24, 2.45) is 0 Å². The number of hydrogen-bond donors (Lipinski definition) is 2. The van der Waals surface area contributed by atoms with Gasteiger partial charge in [0.25, 0.3) is 0 Å². The minimum Gasteiger partial charge on any atom is -0.480 e. The summed E-state index contributed by atoms with van der Waals surface area (Å²) in [6, 6.07) is -1.04. The van der Waals surface area contributed by atoms with Gasteiger partial charge in [0.2, 0.25) is 0 Å². The Labute approximate surface area is 192 Å². The fraction of sp³-hybridized carbons (Fsp3) is 0.955. The molecule has 0 aromatic rings. The minimum atomic E-state index is -2.20. The lowest BCUT2D eigenvalue weighted by atomic mass is 9.91. The van der Waals surface area contributed by atoms with Gasteiger partial charge in [0.05, 0.1) is 19.3 Å². The van der Waals surface area contributed by atoms with E-state index in [1.165, 1.54) is 0 Å². The zero-order valence-corrected chi connectivity index (χ0v) is 22.1. The van der Waals surface area contributed by atoms with Crippen LogP contribution in [0.15, 0.2) is 0 Å². The van der Waals surface area contributed by atoms with E-state index in [0.29, 0.717) is 0 Å². The minimum absolute atomic E-state index is 0.0542. The van der Waals surface area contributed by atoms with Crippen molar-refractivity contribution in [2.75, 3.05) is 13.2 Å². The lowest BCUT2D eigenvalue weighted by Gasteiger charge is -2.54. The standard InChI is InChI=1S/C22H41NO8Si/c1-13(31-32(9,10)19(2,3)4)15(18(24)25)23-22-12-27-20(5,6)30-17(22)16-14(11-26-22)28-21(7,8)29-16/h13-17,23H,11-12H2,1-10H3,(H,24,25)/t13-,14-,15+,16-,17+,22-/m1/s1. The van der Waals surface area contributed by atoms with Gasteiger partial charge in [-0.1, -0.05) is 20.8 Å². The predicted molar refractivity (Wildman–Crippen MR) is 120 cm³/mol. The monoisotopic (exact) mass is 475 g/mol. The van der Waals surface area contributed by atoms with Crippen LogP contribution in [-0.4, -0.2) is 80.4 Å². The molecule has 0 aliphatic carbocycles. The van der Waals surface area contributed by atoms with Gasteiger partial charge in [-0.05, 0) is 52.8 Å². The number of hydrogen-bond acceptors (Lipinski definition) is 8. The Bertz CT molecular complexity index is 721. The van der Waals surface area contributed by atoms with E-state index in [1.54, 1.807) is 6.92 Å². The zero-order chi connectivity index (χ0) is 24.3. The normalized spacial score (nSPS) is 36.1. The first-order valence-electron chi connectivity index (χ1n) is 11.4. The van der Waals surface area contributed by atoms with Crippen molar-refractivity contribution < 1.29 is 38.0 Å². The van der Waals surface area contributed by atoms with Crippen molar-refractivity contribution in [1.29, 1.82) is 0 Å². The lowest BCUT2D eigenvalue weighted by Crippen LogP contribution is -2.76. The first-order chi connectivity index (χ1) is 14.4. The van der Waals surface area contributed by atoms with Crippen molar-refractivity contribution in [1.82, 2.24) is 5.32 Å². The average molecular weight is 476 g/mol. The summed E-state index contributed by atoms with van der Waals surface area (Å²) < 4.78 is 37.0. The van der Waals surface area contributed by atoms with E-state index in [9.17, 15) is 9.90 Å². The highest BCUT2D eigenvalue weighted by Gasteiger charge is 2.63. The highest BCUT2D eigenvalue weighted by atomic mass is 28.4. The third kappa shape index (κ3) is 5.07. The van der Waals surface area contributed by atoms with Crippen LogP contribution >= 0.6 is 0 Å². The van der Waals surface area contributed by atoms with Crippen molar-refractivity contribution in [3.8, 4) is 0 Å². The number of rotatable bonds is 6. The van der Waals surface area contributed by atoms with Crippen LogP contribution in [0, 0.1) is 0 Å². The van der Waals surface area contributed by atoms with E-state index >= 15 is 0 Å². The van der Waals surface area contributed by atoms with Gasteiger partial charge < -0.3 is 33.2 Å². The molecule has 0 amide bonds. The molecule has 0 aromatic heterocycles. The maximum absolute atomic E-state index is 12.4. The van der Waals surface area contributed by atoms with Gasteiger partial charge in [0.1, 0.15) is 24.4 Å². The van der Waals surface area contributed by atoms with E-state index in [2.05, 4.69) is 39.2 Å². The SMILES string of the molecule is C[C@@H](O[Si](C)(C)C(C)(C)C)[C@H](N[C@@]12COC(C)(C)O[C@H]1[C@@H]1OC(C)(C)O[C@@H]1CO2)C(=O)O. The molecule has 2 N–H and O–H groups in total. The molecule has 0 unspecified atom stereocenters. The third-order valence-corrected chi connectivity index (χ3v) is 11.5. The molecule has 3 aliphatic heterocycles. The maximum atomic E-state index is 12.4. The van der Waals surface area contributed by atoms with Crippen molar-refractivity contribution in [3.05, 3.63) is 0 Å². The number of nitrogens with one attached hydrogen (secondary N) is 1. The number of carboxylic acid groups (broad SMARTS) is 1. The van der Waals surface area contributed by atoms with E-state index in [0.717, 1.165) is 0 Å². The topological polar surface area (TPSA) is 105 Å². The summed E-state index contributed by atoms with van der Waals surface area (Å²) in [4.78, 5) is 12.4. The molecule has 0 radical (unpaired) electrons. The van der Waals surface area contributed by atoms with Crippen molar-refractivity contribution in [3.63, 3.8) is 0 Å². The zero-order valence-electron chi connectivity index (χ0n) is 21.1. The molecule has 9 nitrogen and oxygen atoms in total. The highest BCUT2D eigenvalue weighted by molar-refractivity contribution is 6.74. The summed E-state index contributed by atoms with van der Waals surface area (Å²) >= 11 is 0. The molecule has 3 saturated heterocycles. The molecule has 0 bridgehead atoms. The van der Waals surface area contributed by atoms with E-state index < -0.39 is 55.9 Å². The highest BCUT2D eigenvalue weighted by Crippen LogP contribution is 2.44. The predicted octanol–water partition coefficient (Wildman–Crippen LogP) is 2.84. The van der Waals surface area contributed by atoms with Crippen molar-refractivity contribution >= 4 is 14.3 Å². The number of carboxylic acids is 1. The number of ether oxygens (including phenoxy) is 5. The Kier molecular flexibility index (Phi) is 6.72. The number of aliphatic carboxylic acids is 1. The van der Waals surface area contributed by atoms with Crippen LogP contribution in [0.4, 0.5) is 0 Å². The Morgan fingerprint density at radius 1 is 1.09 bits per heavy atom. The fourth-order valence-corrected chi connectivity index (χ4v) is 5.67. The summed E-state index contributed by atoms with van der Waals surface area (Å²) in [5, 5.41) is 13.3. The molecule has 0 spiro atoms. The molecular formula is C22H41NO8Si. The van der Waals surface area contributed by atoms with E-state index in [1.807, 2.05) is 27.7 Å². The van der Waals surface area contributed by atoms with Gasteiger partial charge in [-0.3, -0.25) is 10.1 Å². The van der Waals surface area contributed by atoms with Crippen LogP contribution in [-0.2, 0) is 32.9 Å². The Hall–Kier alpha value is -0.593. The molecule has 186 valence electrons. The largest absolute Gasteiger partial charge is 0.480 e. The van der Waals surface area contributed by atoms with Gasteiger partial charge in [-0.15, -0.1) is 0 Å². The van der Waals surface area contributed by atoms with Crippen LogP contribution in [0.5, 0.6) is 0 Å². The van der Waals surface area contributed by atoms with Crippen LogP contribution in [0.25, 0.3) is 0 Å². The van der Waals surface area contributed by atoms with Gasteiger partial charge in [0, 0.05) is 0 Å². The van der Waals surface area contributed by atoms with E-state index in [-0.39, 0.29) is 24.4 Å². The summed E-state index contributed by atoms with van der Waals surface area (Å²) in [6.45, 7) is 20.0. The Balaban J connectivity index is 1.88. The molecule has 6 atom stereocenters. The van der Waals surface area contributed by atoms with Crippen molar-refractivity contribution in [2.45, 2.75) is 121 Å². The summed E-state index contributed by atoms with van der Waals surface area (Å²) in [7, 11) is -2.20. The smallest absolute Gasteiger partial charge is 0.323 e. The van der Waals surface area contributed by atoms with Gasteiger partial charge in [-0.25, -0.2) is 0 Å². The van der Waals surface area contributed by atoms with E-state index in [4.69, 9.17) is 28.1 Å². The Morgan fingerprint density at radius 2 is 1.72 bits per heavy atom. The molecule has 0 saturated carbocycles. The van der Waals surface area contributed by atoms with Crippen LogP contribution in [0.2, 0.25) is 18.1 Å². The summed E-state index contributed by atoms with van der Waals surface area (Å²) in [6.07, 6.45) is -1.98. The Morgan fingerprint density at radius 3 is 2.28 bits per heavy atom. The molecule has 32 heavy (non-hydrogen) atoms. The molecule has 3 fully saturated rings. The van der Waals surface area contributed by atoms with Crippen LogP contribution in [0.1, 0.15) is 55.4 Å². The second-order valence-electron chi connectivity index (χ2n) is 11.6. The number of fused-ring (bicyclic) bond motifs is 3. The van der Waals surface area contributed by atoms with Gasteiger partial charge in [0.15, 0.2) is 25.6 Å². The summed E-state index contributed by atoms with van der Waals surface area (Å²) in [5.41, 5.74) is -1.21. The first kappa shape index (κ1) is 26.0. The average Bonchev–Trinajstić information content (AvgIpc) is 2.93.